The molecular formula is C11H18S. The van der Waals surface area contributed by atoms with Crippen molar-refractivity contribution in [3.8, 4) is 0 Å². The maximum atomic E-state index is 2.51. The van der Waals surface area contributed by atoms with Crippen LogP contribution in [0.2, 0.25) is 0 Å². The van der Waals surface area contributed by atoms with E-state index in [0.717, 1.165) is 17.1 Å². The Hall–Kier alpha value is 0.0900. The quantitative estimate of drug-likeness (QED) is 0.594. The van der Waals surface area contributed by atoms with Crippen LogP contribution in [0.3, 0.4) is 0 Å². The third kappa shape index (κ3) is 1.56. The number of hydrogen-bond acceptors (Lipinski definition) is 1. The van der Waals surface area contributed by atoms with Crippen molar-refractivity contribution in [3.63, 3.8) is 0 Å². The zero-order valence-corrected chi connectivity index (χ0v) is 8.86. The minimum Gasteiger partial charge on any atom is -0.127 e. The van der Waals surface area contributed by atoms with Crippen LogP contribution in [0, 0.1) is 11.8 Å². The summed E-state index contributed by atoms with van der Waals surface area (Å²) in [6.07, 6.45) is 8.30. The lowest BCUT2D eigenvalue weighted by Crippen LogP contribution is -2.22. The van der Waals surface area contributed by atoms with Gasteiger partial charge >= 0.3 is 0 Å². The predicted octanol–water partition coefficient (Wildman–Crippen LogP) is 3.83. The first kappa shape index (κ1) is 8.68. The lowest BCUT2D eigenvalue weighted by molar-refractivity contribution is 0.308. The number of allylic oxidation sites excluding steroid dienone is 2. The Labute approximate surface area is 79.8 Å². The molecular weight excluding hydrogens is 164 g/mol. The van der Waals surface area contributed by atoms with Gasteiger partial charge in [-0.05, 0) is 42.9 Å². The number of thioether (sulfide) groups is 1. The number of hydrogen-bond donors (Lipinski definition) is 0. The van der Waals surface area contributed by atoms with Crippen molar-refractivity contribution < 1.29 is 0 Å². The van der Waals surface area contributed by atoms with Crippen LogP contribution in [0.15, 0.2) is 11.0 Å². The molecule has 2 aliphatic rings. The Morgan fingerprint density at radius 3 is 3.08 bits per heavy atom. The van der Waals surface area contributed by atoms with Gasteiger partial charge in [0.2, 0.25) is 0 Å². The molecule has 0 saturated heterocycles. The molecule has 0 bridgehead atoms. The van der Waals surface area contributed by atoms with Crippen LogP contribution in [-0.2, 0) is 0 Å². The predicted molar refractivity (Wildman–Crippen MR) is 56.3 cm³/mol. The maximum absolute atomic E-state index is 2.51. The number of rotatable bonds is 1. The Balaban J connectivity index is 1.99. The summed E-state index contributed by atoms with van der Waals surface area (Å²) >= 11 is 2.12. The maximum Gasteiger partial charge on any atom is 0.0154 e. The van der Waals surface area contributed by atoms with E-state index in [9.17, 15) is 0 Å². The first-order chi connectivity index (χ1) is 5.79. The van der Waals surface area contributed by atoms with Gasteiger partial charge < -0.3 is 0 Å². The number of fused-ring (bicyclic) bond motifs is 1. The highest BCUT2D eigenvalue weighted by molar-refractivity contribution is 8.03. The molecule has 0 aromatic heterocycles. The first-order valence-electron chi connectivity index (χ1n) is 5.14. The minimum atomic E-state index is 0.925. The van der Waals surface area contributed by atoms with Crippen LogP contribution in [-0.4, -0.2) is 5.25 Å². The van der Waals surface area contributed by atoms with Gasteiger partial charge in [0.1, 0.15) is 0 Å². The van der Waals surface area contributed by atoms with Crippen molar-refractivity contribution >= 4 is 11.8 Å². The van der Waals surface area contributed by atoms with Crippen LogP contribution in [0.1, 0.15) is 39.5 Å². The Morgan fingerprint density at radius 2 is 2.33 bits per heavy atom. The molecule has 0 aromatic carbocycles. The molecule has 1 aliphatic heterocycles. The lowest BCUT2D eigenvalue weighted by atomic mass is 9.80. The molecule has 0 radical (unpaired) electrons. The highest BCUT2D eigenvalue weighted by Gasteiger charge is 2.32. The molecule has 0 amide bonds. The summed E-state index contributed by atoms with van der Waals surface area (Å²) in [6.45, 7) is 4.60. The molecule has 1 aliphatic carbocycles. The van der Waals surface area contributed by atoms with E-state index >= 15 is 0 Å². The first-order valence-corrected chi connectivity index (χ1v) is 6.02. The summed E-state index contributed by atoms with van der Waals surface area (Å²) in [5.41, 5.74) is 0. The third-order valence-electron chi connectivity index (χ3n) is 3.31. The standard InChI is InChI=1S/C11H18S/c1-3-9-4-5-11-10(7-9)6-8(2)12-11/h6,9-11H,3-5,7H2,1-2H3/t9?,10-,11?/m0/s1. The van der Waals surface area contributed by atoms with E-state index in [2.05, 4.69) is 31.7 Å². The molecule has 1 heteroatoms. The van der Waals surface area contributed by atoms with E-state index in [0.29, 0.717) is 0 Å². The van der Waals surface area contributed by atoms with Crippen LogP contribution >= 0.6 is 11.8 Å². The van der Waals surface area contributed by atoms with E-state index < -0.39 is 0 Å². The minimum absolute atomic E-state index is 0.925. The van der Waals surface area contributed by atoms with Gasteiger partial charge in [0.25, 0.3) is 0 Å². The summed E-state index contributed by atoms with van der Waals surface area (Å²) < 4.78 is 0. The van der Waals surface area contributed by atoms with Crippen LogP contribution in [0.5, 0.6) is 0 Å². The molecule has 0 nitrogen and oxygen atoms in total. The molecule has 1 saturated carbocycles. The van der Waals surface area contributed by atoms with Crippen molar-refractivity contribution in [2.75, 3.05) is 0 Å². The van der Waals surface area contributed by atoms with Crippen molar-refractivity contribution in [2.24, 2.45) is 11.8 Å². The molecule has 12 heavy (non-hydrogen) atoms. The molecule has 1 heterocycles. The second-order valence-electron chi connectivity index (χ2n) is 4.18. The summed E-state index contributed by atoms with van der Waals surface area (Å²) in [7, 11) is 0. The van der Waals surface area contributed by atoms with E-state index in [4.69, 9.17) is 0 Å². The average molecular weight is 182 g/mol. The third-order valence-corrected chi connectivity index (χ3v) is 4.70. The fourth-order valence-corrected chi connectivity index (χ4v) is 3.89. The van der Waals surface area contributed by atoms with E-state index in [1.54, 1.807) is 4.91 Å². The van der Waals surface area contributed by atoms with Gasteiger partial charge in [-0.1, -0.05) is 19.4 Å². The monoisotopic (exact) mass is 182 g/mol. The average Bonchev–Trinajstić information content (AvgIpc) is 2.43. The van der Waals surface area contributed by atoms with Crippen molar-refractivity contribution in [1.29, 1.82) is 0 Å². The molecule has 3 atom stereocenters. The Bertz CT molecular complexity index is 195. The van der Waals surface area contributed by atoms with Gasteiger partial charge in [-0.2, -0.15) is 0 Å². The molecule has 0 aromatic rings. The Kier molecular flexibility index (Phi) is 2.49. The Morgan fingerprint density at radius 1 is 1.50 bits per heavy atom. The molecule has 2 unspecified atom stereocenters. The fraction of sp³-hybridized carbons (Fsp3) is 0.818. The summed E-state index contributed by atoms with van der Waals surface area (Å²) in [5, 5.41) is 0.952. The fourth-order valence-electron chi connectivity index (χ4n) is 2.54. The SMILES string of the molecule is CCC1CCC2SC(C)=C[C@H]2C1. The van der Waals surface area contributed by atoms with Crippen LogP contribution < -0.4 is 0 Å². The largest absolute Gasteiger partial charge is 0.127 e. The summed E-state index contributed by atoms with van der Waals surface area (Å²) in [5.74, 6) is 1.95. The van der Waals surface area contributed by atoms with Crippen molar-refractivity contribution in [3.05, 3.63) is 11.0 Å². The van der Waals surface area contributed by atoms with E-state index in [-0.39, 0.29) is 0 Å². The van der Waals surface area contributed by atoms with Crippen LogP contribution in [0.25, 0.3) is 0 Å². The molecule has 0 N–H and O–H groups in total. The molecule has 2 rings (SSSR count). The van der Waals surface area contributed by atoms with Gasteiger partial charge in [-0.15, -0.1) is 11.8 Å². The zero-order valence-electron chi connectivity index (χ0n) is 8.05. The van der Waals surface area contributed by atoms with Gasteiger partial charge in [0.05, 0.1) is 0 Å². The van der Waals surface area contributed by atoms with Crippen molar-refractivity contribution in [2.45, 2.75) is 44.8 Å². The van der Waals surface area contributed by atoms with Gasteiger partial charge in [0, 0.05) is 5.25 Å². The topological polar surface area (TPSA) is 0 Å². The zero-order chi connectivity index (χ0) is 8.55. The van der Waals surface area contributed by atoms with E-state index in [1.165, 1.54) is 25.7 Å². The normalized spacial score (nSPS) is 40.8. The van der Waals surface area contributed by atoms with Crippen LogP contribution in [0.4, 0.5) is 0 Å². The van der Waals surface area contributed by atoms with Crippen molar-refractivity contribution in [1.82, 2.24) is 0 Å². The molecule has 1 fully saturated rings. The smallest absolute Gasteiger partial charge is 0.0154 e. The molecule has 68 valence electrons. The molecule has 0 spiro atoms. The van der Waals surface area contributed by atoms with E-state index in [1.807, 2.05) is 0 Å². The second-order valence-corrected chi connectivity index (χ2v) is 5.67. The summed E-state index contributed by atoms with van der Waals surface area (Å²) in [6, 6.07) is 0. The second kappa shape index (κ2) is 3.45. The van der Waals surface area contributed by atoms with Gasteiger partial charge in [-0.25, -0.2) is 0 Å². The lowest BCUT2D eigenvalue weighted by Gasteiger charge is -2.30. The van der Waals surface area contributed by atoms with Gasteiger partial charge in [-0.3, -0.25) is 0 Å². The highest BCUT2D eigenvalue weighted by Crippen LogP contribution is 2.46. The summed E-state index contributed by atoms with van der Waals surface area (Å²) in [4.78, 5) is 1.57. The highest BCUT2D eigenvalue weighted by atomic mass is 32.2. The van der Waals surface area contributed by atoms with Gasteiger partial charge in [0.15, 0.2) is 0 Å².